The van der Waals surface area contributed by atoms with Gasteiger partial charge in [0.2, 0.25) is 0 Å². The van der Waals surface area contributed by atoms with Gasteiger partial charge in [0.25, 0.3) is 0 Å². The molecule has 0 aromatic carbocycles. The monoisotopic (exact) mass is 209 g/mol. The van der Waals surface area contributed by atoms with Gasteiger partial charge < -0.3 is 14.8 Å². The minimum Gasteiger partial charge on any atom is -0.480 e. The van der Waals surface area contributed by atoms with Crippen LogP contribution >= 0.6 is 0 Å². The van der Waals surface area contributed by atoms with E-state index in [9.17, 15) is 4.79 Å². The number of carbonyl (C=O) groups is 1. The van der Waals surface area contributed by atoms with Gasteiger partial charge in [0.1, 0.15) is 17.6 Å². The van der Waals surface area contributed by atoms with Crippen LogP contribution < -0.4 is 5.32 Å². The molecular formula is C11H15NO3. The molecule has 2 heterocycles. The molecule has 1 aromatic heterocycles. The van der Waals surface area contributed by atoms with Crippen molar-refractivity contribution in [1.82, 2.24) is 5.32 Å². The lowest BCUT2D eigenvalue weighted by molar-refractivity contribution is -0.140. The molecule has 1 aromatic rings. The van der Waals surface area contributed by atoms with Crippen molar-refractivity contribution in [3.63, 3.8) is 0 Å². The van der Waals surface area contributed by atoms with Gasteiger partial charge in [-0.25, -0.2) is 0 Å². The summed E-state index contributed by atoms with van der Waals surface area (Å²) >= 11 is 0. The van der Waals surface area contributed by atoms with Crippen LogP contribution in [0.3, 0.4) is 0 Å². The molecule has 4 heteroatoms. The van der Waals surface area contributed by atoms with E-state index in [-0.39, 0.29) is 5.92 Å². The summed E-state index contributed by atoms with van der Waals surface area (Å²) in [5.41, 5.74) is 0. The summed E-state index contributed by atoms with van der Waals surface area (Å²) in [4.78, 5) is 10.8. The number of hydrogen-bond donors (Lipinski definition) is 2. The number of carboxylic acids is 1. The zero-order valence-corrected chi connectivity index (χ0v) is 8.69. The summed E-state index contributed by atoms with van der Waals surface area (Å²) in [5.74, 6) is 1.26. The Hall–Kier alpha value is -1.29. The first-order valence-corrected chi connectivity index (χ1v) is 5.19. The maximum Gasteiger partial charge on any atom is 0.320 e. The van der Waals surface area contributed by atoms with Crippen molar-refractivity contribution in [2.75, 3.05) is 6.54 Å². The molecule has 1 fully saturated rings. The Morgan fingerprint density at radius 1 is 1.60 bits per heavy atom. The fraction of sp³-hybridized carbons (Fsp3) is 0.545. The Kier molecular flexibility index (Phi) is 2.77. The third kappa shape index (κ3) is 2.21. The highest BCUT2D eigenvalue weighted by atomic mass is 16.4. The SMILES string of the molecule is Cc1ccc(C2CCNC(C(=O)O)C2)o1. The molecule has 2 atom stereocenters. The van der Waals surface area contributed by atoms with E-state index in [0.29, 0.717) is 6.42 Å². The van der Waals surface area contributed by atoms with Crippen LogP contribution in [0.15, 0.2) is 16.5 Å². The van der Waals surface area contributed by atoms with Crippen LogP contribution in [0.2, 0.25) is 0 Å². The summed E-state index contributed by atoms with van der Waals surface area (Å²) in [5, 5.41) is 11.9. The van der Waals surface area contributed by atoms with Gasteiger partial charge in [-0.3, -0.25) is 4.79 Å². The summed E-state index contributed by atoms with van der Waals surface area (Å²) in [7, 11) is 0. The number of aliphatic carboxylic acids is 1. The van der Waals surface area contributed by atoms with E-state index in [2.05, 4.69) is 5.32 Å². The Bertz CT molecular complexity index is 358. The molecule has 2 rings (SSSR count). The molecule has 0 bridgehead atoms. The highest BCUT2D eigenvalue weighted by Gasteiger charge is 2.28. The average Bonchev–Trinajstić information content (AvgIpc) is 2.65. The summed E-state index contributed by atoms with van der Waals surface area (Å²) in [6.45, 7) is 2.64. The lowest BCUT2D eigenvalue weighted by atomic mass is 9.90. The molecule has 1 aliphatic heterocycles. The van der Waals surface area contributed by atoms with E-state index in [4.69, 9.17) is 9.52 Å². The van der Waals surface area contributed by atoms with Gasteiger partial charge in [-0.2, -0.15) is 0 Å². The second kappa shape index (κ2) is 4.06. The van der Waals surface area contributed by atoms with Crippen molar-refractivity contribution in [2.24, 2.45) is 0 Å². The highest BCUT2D eigenvalue weighted by molar-refractivity contribution is 5.73. The summed E-state index contributed by atoms with van der Waals surface area (Å²) < 4.78 is 5.53. The largest absolute Gasteiger partial charge is 0.480 e. The molecule has 15 heavy (non-hydrogen) atoms. The van der Waals surface area contributed by atoms with Gasteiger partial charge in [0.15, 0.2) is 0 Å². The Morgan fingerprint density at radius 3 is 3.00 bits per heavy atom. The first kappa shape index (κ1) is 10.2. The topological polar surface area (TPSA) is 62.5 Å². The van der Waals surface area contributed by atoms with Crippen LogP contribution in [0.1, 0.15) is 30.3 Å². The van der Waals surface area contributed by atoms with Crippen LogP contribution in [0, 0.1) is 6.92 Å². The third-order valence-corrected chi connectivity index (χ3v) is 2.87. The molecular weight excluding hydrogens is 194 g/mol. The molecule has 4 nitrogen and oxygen atoms in total. The molecule has 2 N–H and O–H groups in total. The molecule has 0 radical (unpaired) electrons. The van der Waals surface area contributed by atoms with E-state index in [1.54, 1.807) is 0 Å². The van der Waals surface area contributed by atoms with E-state index in [1.165, 1.54) is 0 Å². The molecule has 82 valence electrons. The first-order chi connectivity index (χ1) is 7.16. The molecule has 0 aliphatic carbocycles. The zero-order valence-electron chi connectivity index (χ0n) is 8.69. The standard InChI is InChI=1S/C11H15NO3/c1-7-2-3-10(15-7)8-4-5-12-9(6-8)11(13)14/h2-3,8-9,12H,4-6H2,1H3,(H,13,14). The van der Waals surface area contributed by atoms with Crippen LogP contribution in [0.25, 0.3) is 0 Å². The maximum absolute atomic E-state index is 10.8. The summed E-state index contributed by atoms with van der Waals surface area (Å²) in [6, 6.07) is 3.44. The fourth-order valence-corrected chi connectivity index (χ4v) is 2.04. The van der Waals surface area contributed by atoms with Crippen LogP contribution in [-0.2, 0) is 4.79 Å². The maximum atomic E-state index is 10.8. The van der Waals surface area contributed by atoms with Crippen molar-refractivity contribution in [3.05, 3.63) is 23.7 Å². The summed E-state index contributed by atoms with van der Waals surface area (Å²) in [6.07, 6.45) is 1.55. The molecule has 1 aliphatic rings. The number of hydrogen-bond acceptors (Lipinski definition) is 3. The number of piperidine rings is 1. The van der Waals surface area contributed by atoms with Crippen molar-refractivity contribution in [3.8, 4) is 0 Å². The van der Waals surface area contributed by atoms with E-state index in [1.807, 2.05) is 19.1 Å². The first-order valence-electron chi connectivity index (χ1n) is 5.19. The van der Waals surface area contributed by atoms with Crippen molar-refractivity contribution >= 4 is 5.97 Å². The lowest BCUT2D eigenvalue weighted by Crippen LogP contribution is -2.42. The number of nitrogens with one attached hydrogen (secondary N) is 1. The molecule has 1 saturated heterocycles. The minimum absolute atomic E-state index is 0.237. The van der Waals surface area contributed by atoms with E-state index >= 15 is 0 Å². The van der Waals surface area contributed by atoms with Crippen molar-refractivity contribution < 1.29 is 14.3 Å². The third-order valence-electron chi connectivity index (χ3n) is 2.87. The van der Waals surface area contributed by atoms with Crippen LogP contribution in [0.5, 0.6) is 0 Å². The van der Waals surface area contributed by atoms with E-state index < -0.39 is 12.0 Å². The van der Waals surface area contributed by atoms with Crippen LogP contribution in [-0.4, -0.2) is 23.7 Å². The van der Waals surface area contributed by atoms with E-state index in [0.717, 1.165) is 24.5 Å². The van der Waals surface area contributed by atoms with Gasteiger partial charge >= 0.3 is 5.97 Å². The normalized spacial score (nSPS) is 26.5. The second-order valence-corrected chi connectivity index (χ2v) is 4.01. The van der Waals surface area contributed by atoms with Gasteiger partial charge in [0, 0.05) is 5.92 Å². The quantitative estimate of drug-likeness (QED) is 0.775. The molecule has 0 saturated carbocycles. The smallest absolute Gasteiger partial charge is 0.320 e. The Morgan fingerprint density at radius 2 is 2.40 bits per heavy atom. The number of carboxylic acid groups (broad SMARTS) is 1. The molecule has 0 spiro atoms. The Labute approximate surface area is 88.3 Å². The number of rotatable bonds is 2. The average molecular weight is 209 g/mol. The minimum atomic E-state index is -0.775. The van der Waals surface area contributed by atoms with Gasteiger partial charge in [0.05, 0.1) is 0 Å². The van der Waals surface area contributed by atoms with Gasteiger partial charge in [-0.1, -0.05) is 0 Å². The highest BCUT2D eigenvalue weighted by Crippen LogP contribution is 2.28. The van der Waals surface area contributed by atoms with Crippen molar-refractivity contribution in [1.29, 1.82) is 0 Å². The predicted molar refractivity (Wildman–Crippen MR) is 54.8 cm³/mol. The Balaban J connectivity index is 2.07. The number of furan rings is 1. The molecule has 2 unspecified atom stereocenters. The van der Waals surface area contributed by atoms with Gasteiger partial charge in [-0.05, 0) is 38.4 Å². The van der Waals surface area contributed by atoms with Crippen LogP contribution in [0.4, 0.5) is 0 Å². The fourth-order valence-electron chi connectivity index (χ4n) is 2.04. The lowest BCUT2D eigenvalue weighted by Gasteiger charge is -2.26. The van der Waals surface area contributed by atoms with Crippen molar-refractivity contribution in [2.45, 2.75) is 31.7 Å². The molecule has 0 amide bonds. The number of aryl methyl sites for hydroxylation is 1. The zero-order chi connectivity index (χ0) is 10.8. The second-order valence-electron chi connectivity index (χ2n) is 4.01. The van der Waals surface area contributed by atoms with Gasteiger partial charge in [-0.15, -0.1) is 0 Å². The predicted octanol–water partition coefficient (Wildman–Crippen LogP) is 1.51.